The summed E-state index contributed by atoms with van der Waals surface area (Å²) >= 11 is 1.47. The number of hydrogen-bond donors (Lipinski definition) is 1. The highest BCUT2D eigenvalue weighted by molar-refractivity contribution is 14.1. The SMILES string of the molecule is O=C(O)c1c(I)cnn1C(F)(F)F. The number of rotatable bonds is 1. The Morgan fingerprint density at radius 1 is 1.62 bits per heavy atom. The second kappa shape index (κ2) is 3.16. The lowest BCUT2D eigenvalue weighted by atomic mass is 10.4. The summed E-state index contributed by atoms with van der Waals surface area (Å²) in [6, 6.07) is 0. The summed E-state index contributed by atoms with van der Waals surface area (Å²) in [5, 5.41) is 11.3. The van der Waals surface area contributed by atoms with Crippen molar-refractivity contribution in [3.05, 3.63) is 15.5 Å². The average Bonchev–Trinajstić information content (AvgIpc) is 2.28. The molecule has 0 aromatic carbocycles. The van der Waals surface area contributed by atoms with Gasteiger partial charge in [-0.15, -0.1) is 13.2 Å². The van der Waals surface area contributed by atoms with Crippen LogP contribution in [0.2, 0.25) is 0 Å². The number of nitrogens with zero attached hydrogens (tertiary/aromatic N) is 2. The molecule has 0 fully saturated rings. The standard InChI is InChI=1S/C5H2F3IN2O2/c6-5(7,8)11-3(4(12)13)2(9)1-10-11/h1H,(H,12,13). The third-order valence-corrected chi connectivity index (χ3v) is 1.96. The van der Waals surface area contributed by atoms with Crippen LogP contribution < -0.4 is 0 Å². The van der Waals surface area contributed by atoms with E-state index in [4.69, 9.17) is 5.11 Å². The van der Waals surface area contributed by atoms with Crippen molar-refractivity contribution in [2.45, 2.75) is 6.30 Å². The summed E-state index contributed by atoms with van der Waals surface area (Å²) in [7, 11) is 0. The number of halogens is 4. The quantitative estimate of drug-likeness (QED) is 0.803. The van der Waals surface area contributed by atoms with Gasteiger partial charge in [0.05, 0.1) is 9.77 Å². The lowest BCUT2D eigenvalue weighted by Gasteiger charge is -2.07. The molecule has 1 N–H and O–H groups in total. The Labute approximate surface area is 83.5 Å². The van der Waals surface area contributed by atoms with Gasteiger partial charge in [0.25, 0.3) is 0 Å². The first kappa shape index (κ1) is 10.3. The lowest BCUT2D eigenvalue weighted by Crippen LogP contribution is -2.23. The molecule has 0 aliphatic rings. The Bertz CT molecular complexity index is 346. The highest BCUT2D eigenvalue weighted by atomic mass is 127. The molecule has 0 bridgehead atoms. The fourth-order valence-corrected chi connectivity index (χ4v) is 1.30. The molecule has 13 heavy (non-hydrogen) atoms. The number of carbonyl (C=O) groups is 1. The molecule has 0 saturated carbocycles. The van der Waals surface area contributed by atoms with E-state index < -0.39 is 22.6 Å². The van der Waals surface area contributed by atoms with Crippen LogP contribution in [0.3, 0.4) is 0 Å². The van der Waals surface area contributed by atoms with Gasteiger partial charge in [0.15, 0.2) is 5.69 Å². The van der Waals surface area contributed by atoms with Crippen LogP contribution in [0.5, 0.6) is 0 Å². The van der Waals surface area contributed by atoms with Crippen molar-refractivity contribution in [1.82, 2.24) is 9.78 Å². The zero-order valence-electron chi connectivity index (χ0n) is 5.84. The lowest BCUT2D eigenvalue weighted by molar-refractivity contribution is -0.213. The monoisotopic (exact) mass is 306 g/mol. The number of carboxylic acid groups (broad SMARTS) is 1. The van der Waals surface area contributed by atoms with Gasteiger partial charge in [-0.2, -0.15) is 9.78 Å². The average molecular weight is 306 g/mol. The van der Waals surface area contributed by atoms with Crippen molar-refractivity contribution in [3.8, 4) is 0 Å². The van der Waals surface area contributed by atoms with Crippen LogP contribution in [-0.2, 0) is 6.30 Å². The third kappa shape index (κ3) is 1.92. The van der Waals surface area contributed by atoms with Crippen molar-refractivity contribution < 1.29 is 23.1 Å². The summed E-state index contributed by atoms with van der Waals surface area (Å²) in [5.74, 6) is -1.65. The molecule has 8 heteroatoms. The fraction of sp³-hybridized carbons (Fsp3) is 0.200. The first-order chi connectivity index (χ1) is 5.84. The molecular formula is C5H2F3IN2O2. The maximum atomic E-state index is 12.1. The Morgan fingerprint density at radius 3 is 2.46 bits per heavy atom. The molecule has 1 aromatic heterocycles. The van der Waals surface area contributed by atoms with Crippen molar-refractivity contribution in [3.63, 3.8) is 0 Å². The molecule has 0 aliphatic heterocycles. The first-order valence-electron chi connectivity index (χ1n) is 2.88. The summed E-state index contributed by atoms with van der Waals surface area (Å²) < 4.78 is 35.6. The normalized spacial score (nSPS) is 11.7. The number of carboxylic acids is 1. The molecule has 4 nitrogen and oxygen atoms in total. The van der Waals surface area contributed by atoms with Crippen LogP contribution in [-0.4, -0.2) is 20.9 Å². The van der Waals surface area contributed by atoms with Crippen LogP contribution in [0, 0.1) is 3.57 Å². The smallest absolute Gasteiger partial charge is 0.476 e. The largest absolute Gasteiger partial charge is 0.505 e. The van der Waals surface area contributed by atoms with Crippen LogP contribution >= 0.6 is 22.6 Å². The molecule has 0 unspecified atom stereocenters. The maximum Gasteiger partial charge on any atom is 0.505 e. The molecule has 0 amide bonds. The minimum atomic E-state index is -4.79. The Hall–Kier alpha value is -0.800. The van der Waals surface area contributed by atoms with Crippen LogP contribution in [0.4, 0.5) is 13.2 Å². The summed E-state index contributed by atoms with van der Waals surface area (Å²) in [6.45, 7) is 0. The first-order valence-corrected chi connectivity index (χ1v) is 3.96. The number of alkyl halides is 3. The maximum absolute atomic E-state index is 12.1. The molecule has 0 atom stereocenters. The highest BCUT2D eigenvalue weighted by Crippen LogP contribution is 2.25. The van der Waals surface area contributed by atoms with Gasteiger partial charge in [0.2, 0.25) is 0 Å². The predicted octanol–water partition coefficient (Wildman–Crippen LogP) is 1.66. The Morgan fingerprint density at radius 2 is 2.15 bits per heavy atom. The Balaban J connectivity index is 3.31. The second-order valence-corrected chi connectivity index (χ2v) is 3.19. The van der Waals surface area contributed by atoms with Crippen molar-refractivity contribution >= 4 is 28.6 Å². The topological polar surface area (TPSA) is 55.1 Å². The molecule has 72 valence electrons. The van der Waals surface area contributed by atoms with E-state index in [1.807, 2.05) is 0 Å². The van der Waals surface area contributed by atoms with Crippen molar-refractivity contribution in [1.29, 1.82) is 0 Å². The zero-order chi connectivity index (χ0) is 10.2. The van der Waals surface area contributed by atoms with E-state index in [-0.39, 0.29) is 3.57 Å². The fourth-order valence-electron chi connectivity index (χ4n) is 0.713. The van der Waals surface area contributed by atoms with Crippen molar-refractivity contribution in [2.75, 3.05) is 0 Å². The van der Waals surface area contributed by atoms with Crippen LogP contribution in [0.1, 0.15) is 10.5 Å². The molecule has 0 radical (unpaired) electrons. The van der Waals surface area contributed by atoms with E-state index in [1.54, 1.807) is 0 Å². The minimum Gasteiger partial charge on any atom is -0.476 e. The highest BCUT2D eigenvalue weighted by Gasteiger charge is 2.37. The van der Waals surface area contributed by atoms with E-state index in [2.05, 4.69) is 5.10 Å². The third-order valence-electron chi connectivity index (χ3n) is 1.17. The van der Waals surface area contributed by atoms with Crippen LogP contribution in [0.25, 0.3) is 0 Å². The predicted molar refractivity (Wildman–Crippen MR) is 43.2 cm³/mol. The van der Waals surface area contributed by atoms with E-state index in [9.17, 15) is 18.0 Å². The molecule has 1 heterocycles. The van der Waals surface area contributed by atoms with Gasteiger partial charge >= 0.3 is 12.3 Å². The van der Waals surface area contributed by atoms with E-state index >= 15 is 0 Å². The van der Waals surface area contributed by atoms with Crippen molar-refractivity contribution in [2.24, 2.45) is 0 Å². The van der Waals surface area contributed by atoms with Gasteiger partial charge in [-0.05, 0) is 22.6 Å². The second-order valence-electron chi connectivity index (χ2n) is 2.03. The molecule has 1 aromatic rings. The molecule has 0 saturated heterocycles. The van der Waals surface area contributed by atoms with E-state index in [1.165, 1.54) is 22.6 Å². The van der Waals surface area contributed by atoms with Gasteiger partial charge < -0.3 is 5.11 Å². The molecular weight excluding hydrogens is 304 g/mol. The van der Waals surface area contributed by atoms with Gasteiger partial charge in [0.1, 0.15) is 0 Å². The van der Waals surface area contributed by atoms with Gasteiger partial charge in [0, 0.05) is 0 Å². The summed E-state index contributed by atoms with van der Waals surface area (Å²) in [5.41, 5.74) is -0.867. The van der Waals surface area contributed by atoms with E-state index in [0.29, 0.717) is 0 Å². The summed E-state index contributed by atoms with van der Waals surface area (Å²) in [4.78, 5) is 10.4. The van der Waals surface area contributed by atoms with Gasteiger partial charge in [-0.3, -0.25) is 0 Å². The number of hydrogen-bond acceptors (Lipinski definition) is 2. The van der Waals surface area contributed by atoms with Gasteiger partial charge in [-0.25, -0.2) is 4.79 Å². The van der Waals surface area contributed by atoms with E-state index in [0.717, 1.165) is 6.20 Å². The molecule has 1 rings (SSSR count). The number of aromatic nitrogens is 2. The number of aromatic carboxylic acids is 1. The van der Waals surface area contributed by atoms with Crippen LogP contribution in [0.15, 0.2) is 6.20 Å². The summed E-state index contributed by atoms with van der Waals surface area (Å²) in [6.07, 6.45) is -3.95. The Kier molecular flexibility index (Phi) is 2.50. The molecule has 0 spiro atoms. The zero-order valence-corrected chi connectivity index (χ0v) is 8.00. The molecule has 0 aliphatic carbocycles. The minimum absolute atomic E-state index is 0.0533. The van der Waals surface area contributed by atoms with Gasteiger partial charge in [-0.1, -0.05) is 0 Å².